The molecule has 0 unspecified atom stereocenters. The van der Waals surface area contributed by atoms with Gasteiger partial charge in [-0.25, -0.2) is 9.97 Å². The third kappa shape index (κ3) is 2.52. The normalized spacial score (nSPS) is 10.4. The molecule has 0 aliphatic heterocycles. The summed E-state index contributed by atoms with van der Waals surface area (Å²) in [6.07, 6.45) is 1.65. The zero-order chi connectivity index (χ0) is 11.5. The highest BCUT2D eigenvalue weighted by Crippen LogP contribution is 2.16. The molecule has 5 heteroatoms. The predicted molar refractivity (Wildman–Crippen MR) is 62.6 cm³/mol. The van der Waals surface area contributed by atoms with E-state index >= 15 is 0 Å². The Bertz CT molecular complexity index is 450. The number of hydrogen-bond acceptors (Lipinski definition) is 4. The lowest BCUT2D eigenvalue weighted by atomic mass is 10.3. The lowest BCUT2D eigenvalue weighted by molar-refractivity contribution is 0.507. The summed E-state index contributed by atoms with van der Waals surface area (Å²) in [4.78, 5) is 10.1. The van der Waals surface area contributed by atoms with Gasteiger partial charge in [-0.1, -0.05) is 0 Å². The molecular formula is C11H12ClN3O. The maximum absolute atomic E-state index is 5.80. The molecule has 16 heavy (non-hydrogen) atoms. The molecule has 0 saturated heterocycles. The lowest BCUT2D eigenvalue weighted by Crippen LogP contribution is -2.17. The Morgan fingerprint density at radius 3 is 2.88 bits per heavy atom. The first kappa shape index (κ1) is 11.0. The van der Waals surface area contributed by atoms with E-state index in [9.17, 15) is 0 Å². The molecule has 0 aliphatic rings. The first-order valence-corrected chi connectivity index (χ1v) is 5.27. The maximum Gasteiger partial charge on any atom is 0.224 e. The summed E-state index contributed by atoms with van der Waals surface area (Å²) in [5.41, 5.74) is 0.848. The van der Waals surface area contributed by atoms with Gasteiger partial charge in [-0.2, -0.15) is 0 Å². The van der Waals surface area contributed by atoms with Gasteiger partial charge in [0.05, 0.1) is 12.8 Å². The number of rotatable bonds is 3. The highest BCUT2D eigenvalue weighted by atomic mass is 35.5. The van der Waals surface area contributed by atoms with Crippen LogP contribution in [0.15, 0.2) is 28.9 Å². The quantitative estimate of drug-likeness (QED) is 0.770. The minimum Gasteiger partial charge on any atom is -0.467 e. The summed E-state index contributed by atoms with van der Waals surface area (Å²) < 4.78 is 5.27. The second-order valence-corrected chi connectivity index (χ2v) is 3.91. The molecule has 0 saturated carbocycles. The average Bonchev–Trinajstić information content (AvgIpc) is 2.68. The summed E-state index contributed by atoms with van der Waals surface area (Å²) in [7, 11) is 1.93. The van der Waals surface area contributed by atoms with Crippen molar-refractivity contribution in [2.75, 3.05) is 11.9 Å². The van der Waals surface area contributed by atoms with Crippen LogP contribution >= 0.6 is 11.6 Å². The first-order chi connectivity index (χ1) is 7.65. The zero-order valence-corrected chi connectivity index (χ0v) is 9.90. The van der Waals surface area contributed by atoms with Crippen molar-refractivity contribution in [3.05, 3.63) is 41.2 Å². The Hall–Kier alpha value is -1.55. The van der Waals surface area contributed by atoms with Crippen molar-refractivity contribution in [3.8, 4) is 0 Å². The van der Waals surface area contributed by atoms with Crippen LogP contribution in [0.4, 0.5) is 5.82 Å². The minimum absolute atomic E-state index is 0.265. The summed E-state index contributed by atoms with van der Waals surface area (Å²) >= 11 is 5.80. The van der Waals surface area contributed by atoms with Crippen LogP contribution in [-0.4, -0.2) is 17.0 Å². The third-order valence-electron chi connectivity index (χ3n) is 2.18. The summed E-state index contributed by atoms with van der Waals surface area (Å²) in [5.74, 6) is 1.67. The summed E-state index contributed by atoms with van der Waals surface area (Å²) in [6, 6.07) is 5.67. The monoisotopic (exact) mass is 237 g/mol. The molecule has 84 valence electrons. The van der Waals surface area contributed by atoms with E-state index in [0.29, 0.717) is 6.54 Å². The van der Waals surface area contributed by atoms with Crippen LogP contribution in [0.1, 0.15) is 11.5 Å². The van der Waals surface area contributed by atoms with Gasteiger partial charge in [0, 0.05) is 18.8 Å². The first-order valence-electron chi connectivity index (χ1n) is 4.90. The molecule has 0 atom stereocenters. The van der Waals surface area contributed by atoms with Crippen molar-refractivity contribution in [2.24, 2.45) is 0 Å². The lowest BCUT2D eigenvalue weighted by Gasteiger charge is -2.16. The largest absolute Gasteiger partial charge is 0.467 e. The van der Waals surface area contributed by atoms with E-state index in [-0.39, 0.29) is 5.28 Å². The van der Waals surface area contributed by atoms with Gasteiger partial charge in [-0.15, -0.1) is 0 Å². The van der Waals surface area contributed by atoms with Crippen molar-refractivity contribution in [1.29, 1.82) is 0 Å². The number of furan rings is 1. The predicted octanol–water partition coefficient (Wildman–Crippen LogP) is 2.67. The Balaban J connectivity index is 2.17. The molecule has 2 aromatic rings. The number of nitrogens with zero attached hydrogens (tertiary/aromatic N) is 3. The second-order valence-electron chi connectivity index (χ2n) is 3.57. The van der Waals surface area contributed by atoms with Crippen molar-refractivity contribution < 1.29 is 4.42 Å². The number of halogens is 1. The number of hydrogen-bond donors (Lipinski definition) is 0. The molecule has 2 aromatic heterocycles. The number of anilines is 1. The molecular weight excluding hydrogens is 226 g/mol. The Morgan fingerprint density at radius 2 is 2.25 bits per heavy atom. The van der Waals surface area contributed by atoms with Gasteiger partial charge in [0.1, 0.15) is 11.6 Å². The maximum atomic E-state index is 5.80. The molecule has 4 nitrogen and oxygen atoms in total. The molecule has 2 rings (SSSR count). The van der Waals surface area contributed by atoms with Gasteiger partial charge in [-0.05, 0) is 30.7 Å². The standard InChI is InChI=1S/C11H12ClN3O/c1-8-6-10(14-11(12)13-8)15(2)7-9-4-3-5-16-9/h3-6H,7H2,1-2H3. The van der Waals surface area contributed by atoms with Crippen LogP contribution in [0, 0.1) is 6.92 Å². The van der Waals surface area contributed by atoms with E-state index in [1.165, 1.54) is 0 Å². The highest BCUT2D eigenvalue weighted by molar-refractivity contribution is 6.28. The smallest absolute Gasteiger partial charge is 0.224 e. The Kier molecular flexibility index (Phi) is 3.10. The number of aryl methyl sites for hydroxylation is 1. The highest BCUT2D eigenvalue weighted by Gasteiger charge is 2.07. The van der Waals surface area contributed by atoms with E-state index in [0.717, 1.165) is 17.3 Å². The van der Waals surface area contributed by atoms with Crippen molar-refractivity contribution in [3.63, 3.8) is 0 Å². The number of aromatic nitrogens is 2. The average molecular weight is 238 g/mol. The van der Waals surface area contributed by atoms with Crippen molar-refractivity contribution in [2.45, 2.75) is 13.5 Å². The van der Waals surface area contributed by atoms with Crippen LogP contribution in [0.25, 0.3) is 0 Å². The molecule has 0 amide bonds. The van der Waals surface area contributed by atoms with Gasteiger partial charge >= 0.3 is 0 Å². The fraction of sp³-hybridized carbons (Fsp3) is 0.273. The summed E-state index contributed by atoms with van der Waals surface area (Å²) in [5, 5.41) is 0.265. The van der Waals surface area contributed by atoms with Crippen LogP contribution in [0.5, 0.6) is 0 Å². The fourth-order valence-electron chi connectivity index (χ4n) is 1.43. The second kappa shape index (κ2) is 4.53. The van der Waals surface area contributed by atoms with E-state index in [1.54, 1.807) is 6.26 Å². The van der Waals surface area contributed by atoms with Gasteiger partial charge < -0.3 is 9.32 Å². The van der Waals surface area contributed by atoms with E-state index in [1.807, 2.05) is 37.1 Å². The van der Waals surface area contributed by atoms with Gasteiger partial charge in [-0.3, -0.25) is 0 Å². The molecule has 0 bridgehead atoms. The van der Waals surface area contributed by atoms with Crippen LogP contribution < -0.4 is 4.90 Å². The van der Waals surface area contributed by atoms with Crippen LogP contribution in [0.2, 0.25) is 5.28 Å². The molecule has 0 fully saturated rings. The minimum atomic E-state index is 0.265. The molecule has 2 heterocycles. The Morgan fingerprint density at radius 1 is 1.44 bits per heavy atom. The third-order valence-corrected chi connectivity index (χ3v) is 2.35. The Labute approximate surface area is 98.9 Å². The molecule has 0 aromatic carbocycles. The van der Waals surface area contributed by atoms with Crippen LogP contribution in [-0.2, 0) is 6.54 Å². The molecule has 0 aliphatic carbocycles. The molecule has 0 radical (unpaired) electrons. The van der Waals surface area contributed by atoms with Crippen molar-refractivity contribution >= 4 is 17.4 Å². The molecule has 0 spiro atoms. The fourth-order valence-corrected chi connectivity index (χ4v) is 1.65. The van der Waals surface area contributed by atoms with Gasteiger partial charge in [0.15, 0.2) is 0 Å². The van der Waals surface area contributed by atoms with E-state index in [4.69, 9.17) is 16.0 Å². The van der Waals surface area contributed by atoms with E-state index < -0.39 is 0 Å². The van der Waals surface area contributed by atoms with E-state index in [2.05, 4.69) is 9.97 Å². The van der Waals surface area contributed by atoms with Crippen molar-refractivity contribution in [1.82, 2.24) is 9.97 Å². The summed E-state index contributed by atoms with van der Waals surface area (Å²) in [6.45, 7) is 2.54. The SMILES string of the molecule is Cc1cc(N(C)Cc2ccco2)nc(Cl)n1. The zero-order valence-electron chi connectivity index (χ0n) is 9.14. The van der Waals surface area contributed by atoms with Gasteiger partial charge in [0.25, 0.3) is 0 Å². The topological polar surface area (TPSA) is 42.2 Å². The van der Waals surface area contributed by atoms with Gasteiger partial charge in [0.2, 0.25) is 5.28 Å². The molecule has 0 N–H and O–H groups in total. The van der Waals surface area contributed by atoms with Crippen LogP contribution in [0.3, 0.4) is 0 Å².